The molecule has 0 aliphatic carbocycles. The summed E-state index contributed by atoms with van der Waals surface area (Å²) in [5, 5.41) is 0.0735. The van der Waals surface area contributed by atoms with Crippen molar-refractivity contribution in [3.8, 4) is 11.1 Å². The van der Waals surface area contributed by atoms with Gasteiger partial charge in [0, 0.05) is 5.56 Å². The van der Waals surface area contributed by atoms with Crippen molar-refractivity contribution in [2.24, 2.45) is 0 Å². The molecule has 1 heterocycles. The number of nitrogens with zero attached hydrogens (tertiary/aromatic N) is 1. The van der Waals surface area contributed by atoms with Gasteiger partial charge in [-0.2, -0.15) is 13.2 Å². The first-order chi connectivity index (χ1) is 8.91. The predicted molar refractivity (Wildman–Crippen MR) is 65.1 cm³/mol. The number of alkyl halides is 3. The van der Waals surface area contributed by atoms with E-state index in [1.807, 2.05) is 0 Å². The summed E-state index contributed by atoms with van der Waals surface area (Å²) in [6.07, 6.45) is -3.83. The summed E-state index contributed by atoms with van der Waals surface area (Å²) in [4.78, 5) is 14.3. The van der Waals surface area contributed by atoms with E-state index in [2.05, 4.69) is 4.98 Å². The Balaban J connectivity index is 2.40. The van der Waals surface area contributed by atoms with Crippen molar-refractivity contribution in [1.29, 1.82) is 0 Å². The van der Waals surface area contributed by atoms with Crippen molar-refractivity contribution < 1.29 is 18.0 Å². The van der Waals surface area contributed by atoms with E-state index in [-0.39, 0.29) is 10.8 Å². The van der Waals surface area contributed by atoms with Crippen LogP contribution in [-0.4, -0.2) is 11.3 Å². The van der Waals surface area contributed by atoms with Gasteiger partial charge >= 0.3 is 6.18 Å². The zero-order valence-corrected chi connectivity index (χ0v) is 10.2. The number of aldehydes is 1. The van der Waals surface area contributed by atoms with E-state index < -0.39 is 11.7 Å². The second-order valence-corrected chi connectivity index (χ2v) is 4.13. The first-order valence-corrected chi connectivity index (χ1v) is 5.59. The van der Waals surface area contributed by atoms with Gasteiger partial charge in [-0.1, -0.05) is 23.7 Å². The van der Waals surface area contributed by atoms with E-state index in [1.165, 1.54) is 18.2 Å². The minimum atomic E-state index is -4.37. The summed E-state index contributed by atoms with van der Waals surface area (Å²) in [5.74, 6) is 0. The van der Waals surface area contributed by atoms with Crippen LogP contribution in [0.4, 0.5) is 13.2 Å². The number of benzene rings is 1. The van der Waals surface area contributed by atoms with Crippen molar-refractivity contribution in [3.63, 3.8) is 0 Å². The molecule has 0 unspecified atom stereocenters. The molecule has 19 heavy (non-hydrogen) atoms. The molecule has 2 nitrogen and oxygen atoms in total. The van der Waals surface area contributed by atoms with Crippen molar-refractivity contribution in [2.75, 3.05) is 0 Å². The van der Waals surface area contributed by atoms with Crippen molar-refractivity contribution in [3.05, 3.63) is 52.8 Å². The molecule has 0 amide bonds. The molecule has 0 aliphatic heterocycles. The van der Waals surface area contributed by atoms with Crippen LogP contribution < -0.4 is 0 Å². The lowest BCUT2D eigenvalue weighted by atomic mass is 10.1. The normalized spacial score (nSPS) is 11.4. The number of aromatic nitrogens is 1. The first kappa shape index (κ1) is 13.5. The minimum absolute atomic E-state index is 0.0735. The van der Waals surface area contributed by atoms with E-state index in [9.17, 15) is 18.0 Å². The SMILES string of the molecule is O=Cc1ccc(-c2ccc(C(F)(F)F)cc2)c(Cl)n1. The zero-order chi connectivity index (χ0) is 14.0. The van der Waals surface area contributed by atoms with Crippen molar-refractivity contribution >= 4 is 17.9 Å². The van der Waals surface area contributed by atoms with Crippen LogP contribution in [0, 0.1) is 0 Å². The highest BCUT2D eigenvalue weighted by Gasteiger charge is 2.30. The molecule has 2 aromatic rings. The molecule has 0 N–H and O–H groups in total. The van der Waals surface area contributed by atoms with Gasteiger partial charge in [0.2, 0.25) is 0 Å². The summed E-state index contributed by atoms with van der Waals surface area (Å²) in [7, 11) is 0. The molecule has 1 aromatic carbocycles. The molecular weight excluding hydrogens is 279 g/mol. The topological polar surface area (TPSA) is 30.0 Å². The summed E-state index contributed by atoms with van der Waals surface area (Å²) in [6, 6.07) is 7.56. The molecular formula is C13H7ClF3NO. The fraction of sp³-hybridized carbons (Fsp3) is 0.0769. The van der Waals surface area contributed by atoms with Gasteiger partial charge in [-0.25, -0.2) is 4.98 Å². The Kier molecular flexibility index (Phi) is 3.57. The summed E-state index contributed by atoms with van der Waals surface area (Å²) >= 11 is 5.88. The van der Waals surface area contributed by atoms with Gasteiger partial charge < -0.3 is 0 Å². The van der Waals surface area contributed by atoms with Gasteiger partial charge in [0.1, 0.15) is 10.8 Å². The second kappa shape index (κ2) is 5.01. The molecule has 2 rings (SSSR count). The van der Waals surface area contributed by atoms with E-state index in [0.29, 0.717) is 17.4 Å². The van der Waals surface area contributed by atoms with Crippen LogP contribution in [-0.2, 0) is 6.18 Å². The molecule has 0 saturated carbocycles. The maximum atomic E-state index is 12.4. The molecule has 98 valence electrons. The number of rotatable bonds is 2. The average Bonchev–Trinajstić information content (AvgIpc) is 2.37. The van der Waals surface area contributed by atoms with Gasteiger partial charge in [0.15, 0.2) is 6.29 Å². The molecule has 0 fully saturated rings. The van der Waals surface area contributed by atoms with Gasteiger partial charge in [-0.15, -0.1) is 0 Å². The van der Waals surface area contributed by atoms with Crippen LogP contribution in [0.15, 0.2) is 36.4 Å². The van der Waals surface area contributed by atoms with Crippen LogP contribution in [0.5, 0.6) is 0 Å². The van der Waals surface area contributed by atoms with E-state index in [4.69, 9.17) is 11.6 Å². The van der Waals surface area contributed by atoms with Crippen LogP contribution in [0.25, 0.3) is 11.1 Å². The number of pyridine rings is 1. The standard InChI is InChI=1S/C13H7ClF3NO/c14-12-11(6-5-10(7-19)18-12)8-1-3-9(4-2-8)13(15,16)17/h1-7H. The molecule has 0 spiro atoms. The first-order valence-electron chi connectivity index (χ1n) is 5.21. The zero-order valence-electron chi connectivity index (χ0n) is 9.41. The molecule has 0 aliphatic rings. The van der Waals surface area contributed by atoms with E-state index in [1.54, 1.807) is 6.07 Å². The monoisotopic (exact) mass is 285 g/mol. The van der Waals surface area contributed by atoms with Crippen LogP contribution in [0.3, 0.4) is 0 Å². The van der Waals surface area contributed by atoms with Crippen molar-refractivity contribution in [2.45, 2.75) is 6.18 Å². The molecule has 6 heteroatoms. The third kappa shape index (κ3) is 2.93. The Bertz CT molecular complexity index is 608. The summed E-state index contributed by atoms with van der Waals surface area (Å²) in [5.41, 5.74) is 0.412. The number of hydrogen-bond acceptors (Lipinski definition) is 2. The maximum Gasteiger partial charge on any atom is 0.416 e. The van der Waals surface area contributed by atoms with Crippen LogP contribution in [0.2, 0.25) is 5.15 Å². The van der Waals surface area contributed by atoms with Gasteiger partial charge in [-0.3, -0.25) is 4.79 Å². The Hall–Kier alpha value is -1.88. The third-order valence-electron chi connectivity index (χ3n) is 2.51. The molecule has 0 saturated heterocycles. The predicted octanol–water partition coefficient (Wildman–Crippen LogP) is 4.23. The lowest BCUT2D eigenvalue weighted by Crippen LogP contribution is -2.04. The van der Waals surface area contributed by atoms with E-state index >= 15 is 0 Å². The van der Waals surface area contributed by atoms with Gasteiger partial charge in [0.25, 0.3) is 0 Å². The second-order valence-electron chi connectivity index (χ2n) is 3.77. The molecule has 0 bridgehead atoms. The molecule has 1 aromatic heterocycles. The molecule has 0 atom stereocenters. The maximum absolute atomic E-state index is 12.4. The van der Waals surface area contributed by atoms with E-state index in [0.717, 1.165) is 12.1 Å². The number of carbonyl (C=O) groups is 1. The highest BCUT2D eigenvalue weighted by atomic mass is 35.5. The average molecular weight is 286 g/mol. The number of hydrogen-bond donors (Lipinski definition) is 0. The fourth-order valence-electron chi connectivity index (χ4n) is 1.57. The Labute approximate surface area is 111 Å². The number of carbonyl (C=O) groups excluding carboxylic acids is 1. The third-order valence-corrected chi connectivity index (χ3v) is 2.80. The Morgan fingerprint density at radius 2 is 1.68 bits per heavy atom. The number of halogens is 4. The Morgan fingerprint density at radius 3 is 2.16 bits per heavy atom. The largest absolute Gasteiger partial charge is 0.416 e. The highest BCUT2D eigenvalue weighted by Crippen LogP contribution is 2.32. The highest BCUT2D eigenvalue weighted by molar-refractivity contribution is 6.32. The summed E-state index contributed by atoms with van der Waals surface area (Å²) in [6.45, 7) is 0. The smallest absolute Gasteiger partial charge is 0.296 e. The quantitative estimate of drug-likeness (QED) is 0.610. The van der Waals surface area contributed by atoms with Crippen LogP contribution in [0.1, 0.15) is 16.1 Å². The van der Waals surface area contributed by atoms with Crippen LogP contribution >= 0.6 is 11.6 Å². The van der Waals surface area contributed by atoms with Crippen molar-refractivity contribution in [1.82, 2.24) is 4.98 Å². The summed E-state index contributed by atoms with van der Waals surface area (Å²) < 4.78 is 37.3. The van der Waals surface area contributed by atoms with Gasteiger partial charge in [-0.05, 0) is 29.8 Å². The lowest BCUT2D eigenvalue weighted by molar-refractivity contribution is -0.137. The Morgan fingerprint density at radius 1 is 1.05 bits per heavy atom. The molecule has 0 radical (unpaired) electrons. The lowest BCUT2D eigenvalue weighted by Gasteiger charge is -2.08. The van der Waals surface area contributed by atoms with Gasteiger partial charge in [0.05, 0.1) is 5.56 Å². The fourth-order valence-corrected chi connectivity index (χ4v) is 1.84. The minimum Gasteiger partial charge on any atom is -0.296 e.